The maximum atomic E-state index is 12.0. The average Bonchev–Trinajstić information content (AvgIpc) is 2.54. The zero-order chi connectivity index (χ0) is 15.8. The van der Waals surface area contributed by atoms with Crippen LogP contribution in [0, 0.1) is 0 Å². The number of phenols is 1. The molecule has 0 saturated carbocycles. The summed E-state index contributed by atoms with van der Waals surface area (Å²) in [5, 5.41) is 9.19. The SMILES string of the molecule is CCCCCOc1ccc(C(=O)Oc2ccc(O)cc2)cc1. The number of rotatable bonds is 7. The van der Waals surface area contributed by atoms with Crippen LogP contribution in [0.4, 0.5) is 0 Å². The van der Waals surface area contributed by atoms with Crippen LogP contribution < -0.4 is 9.47 Å². The number of aromatic hydroxyl groups is 1. The van der Waals surface area contributed by atoms with E-state index in [1.54, 1.807) is 36.4 Å². The van der Waals surface area contributed by atoms with E-state index in [1.165, 1.54) is 12.1 Å². The van der Waals surface area contributed by atoms with E-state index in [1.807, 2.05) is 0 Å². The van der Waals surface area contributed by atoms with Crippen molar-refractivity contribution in [1.82, 2.24) is 0 Å². The quantitative estimate of drug-likeness (QED) is 0.473. The summed E-state index contributed by atoms with van der Waals surface area (Å²) in [5.74, 6) is 0.826. The lowest BCUT2D eigenvalue weighted by Gasteiger charge is -2.07. The molecule has 0 saturated heterocycles. The lowest BCUT2D eigenvalue weighted by atomic mass is 10.2. The Labute approximate surface area is 130 Å². The standard InChI is InChI=1S/C18H20O4/c1-2-3-4-13-21-16-9-5-14(6-10-16)18(20)22-17-11-7-15(19)8-12-17/h5-12,19H,2-4,13H2,1H3. The van der Waals surface area contributed by atoms with Crippen LogP contribution in [-0.2, 0) is 0 Å². The van der Waals surface area contributed by atoms with E-state index in [-0.39, 0.29) is 5.75 Å². The van der Waals surface area contributed by atoms with E-state index in [0.29, 0.717) is 17.9 Å². The third kappa shape index (κ3) is 4.81. The van der Waals surface area contributed by atoms with Crippen LogP contribution in [0.2, 0.25) is 0 Å². The Morgan fingerprint density at radius 2 is 1.59 bits per heavy atom. The second-order valence-electron chi connectivity index (χ2n) is 4.96. The van der Waals surface area contributed by atoms with Crippen LogP contribution in [0.15, 0.2) is 48.5 Å². The highest BCUT2D eigenvalue weighted by Gasteiger charge is 2.08. The molecular weight excluding hydrogens is 280 g/mol. The zero-order valence-corrected chi connectivity index (χ0v) is 12.6. The number of benzene rings is 2. The lowest BCUT2D eigenvalue weighted by Crippen LogP contribution is -2.08. The Bertz CT molecular complexity index is 587. The monoisotopic (exact) mass is 300 g/mol. The van der Waals surface area contributed by atoms with Crippen LogP contribution in [0.25, 0.3) is 0 Å². The molecule has 0 aliphatic heterocycles. The summed E-state index contributed by atoms with van der Waals surface area (Å²) in [7, 11) is 0. The number of unbranched alkanes of at least 4 members (excludes halogenated alkanes) is 2. The first-order chi connectivity index (χ1) is 10.7. The van der Waals surface area contributed by atoms with Crippen LogP contribution in [0.5, 0.6) is 17.2 Å². The van der Waals surface area contributed by atoms with Crippen LogP contribution in [0.1, 0.15) is 36.5 Å². The number of hydrogen-bond acceptors (Lipinski definition) is 4. The van der Waals surface area contributed by atoms with Crippen LogP contribution >= 0.6 is 0 Å². The van der Waals surface area contributed by atoms with Gasteiger partial charge in [-0.1, -0.05) is 19.8 Å². The summed E-state index contributed by atoms with van der Waals surface area (Å²) in [6.07, 6.45) is 3.34. The summed E-state index contributed by atoms with van der Waals surface area (Å²) in [4.78, 5) is 12.0. The van der Waals surface area contributed by atoms with E-state index < -0.39 is 5.97 Å². The molecular formula is C18H20O4. The van der Waals surface area contributed by atoms with Gasteiger partial charge in [0.1, 0.15) is 17.2 Å². The first-order valence-corrected chi connectivity index (χ1v) is 7.43. The molecule has 0 amide bonds. The van der Waals surface area contributed by atoms with Crippen molar-refractivity contribution in [2.45, 2.75) is 26.2 Å². The minimum Gasteiger partial charge on any atom is -0.508 e. The molecule has 0 spiro atoms. The Morgan fingerprint density at radius 1 is 0.955 bits per heavy atom. The van der Waals surface area contributed by atoms with Crippen molar-refractivity contribution in [3.8, 4) is 17.2 Å². The number of esters is 1. The van der Waals surface area contributed by atoms with Gasteiger partial charge < -0.3 is 14.6 Å². The first-order valence-electron chi connectivity index (χ1n) is 7.43. The number of phenolic OH excluding ortho intramolecular Hbond substituents is 1. The summed E-state index contributed by atoms with van der Waals surface area (Å²) in [5.41, 5.74) is 0.453. The van der Waals surface area contributed by atoms with Gasteiger partial charge in [-0.2, -0.15) is 0 Å². The molecule has 4 heteroatoms. The molecule has 0 atom stereocenters. The minimum absolute atomic E-state index is 0.129. The highest BCUT2D eigenvalue weighted by molar-refractivity contribution is 5.91. The van der Waals surface area contributed by atoms with E-state index in [9.17, 15) is 9.90 Å². The maximum absolute atomic E-state index is 12.0. The number of carbonyl (C=O) groups excluding carboxylic acids is 1. The molecule has 0 aliphatic rings. The van der Waals surface area contributed by atoms with Gasteiger partial charge in [-0.05, 0) is 55.0 Å². The van der Waals surface area contributed by atoms with Crippen molar-refractivity contribution in [2.75, 3.05) is 6.61 Å². The predicted molar refractivity (Wildman–Crippen MR) is 84.5 cm³/mol. The normalized spacial score (nSPS) is 10.2. The summed E-state index contributed by atoms with van der Waals surface area (Å²) in [6, 6.07) is 12.9. The molecule has 0 aromatic heterocycles. The molecule has 0 aliphatic carbocycles. The Hall–Kier alpha value is -2.49. The fourth-order valence-corrected chi connectivity index (χ4v) is 1.91. The summed E-state index contributed by atoms with van der Waals surface area (Å²) < 4.78 is 10.8. The van der Waals surface area contributed by atoms with Gasteiger partial charge in [-0.15, -0.1) is 0 Å². The van der Waals surface area contributed by atoms with Crippen LogP contribution in [0.3, 0.4) is 0 Å². The van der Waals surface area contributed by atoms with E-state index >= 15 is 0 Å². The van der Waals surface area contributed by atoms with Crippen molar-refractivity contribution in [1.29, 1.82) is 0 Å². The lowest BCUT2D eigenvalue weighted by molar-refractivity contribution is 0.0734. The maximum Gasteiger partial charge on any atom is 0.343 e. The van der Waals surface area contributed by atoms with Crippen molar-refractivity contribution in [2.24, 2.45) is 0 Å². The first kappa shape index (κ1) is 15.9. The topological polar surface area (TPSA) is 55.8 Å². The summed E-state index contributed by atoms with van der Waals surface area (Å²) in [6.45, 7) is 2.83. The molecule has 2 rings (SSSR count). The van der Waals surface area contributed by atoms with Crippen molar-refractivity contribution < 1.29 is 19.4 Å². The molecule has 0 heterocycles. The largest absolute Gasteiger partial charge is 0.508 e. The molecule has 0 bridgehead atoms. The second kappa shape index (κ2) is 8.08. The van der Waals surface area contributed by atoms with Gasteiger partial charge in [-0.3, -0.25) is 0 Å². The molecule has 22 heavy (non-hydrogen) atoms. The Balaban J connectivity index is 1.89. The Morgan fingerprint density at radius 3 is 2.23 bits per heavy atom. The van der Waals surface area contributed by atoms with Gasteiger partial charge in [0.2, 0.25) is 0 Å². The fourth-order valence-electron chi connectivity index (χ4n) is 1.91. The Kier molecular flexibility index (Phi) is 5.83. The molecule has 2 aromatic rings. The molecule has 1 N–H and O–H groups in total. The van der Waals surface area contributed by atoms with E-state index in [0.717, 1.165) is 25.0 Å². The van der Waals surface area contributed by atoms with Gasteiger partial charge in [-0.25, -0.2) is 4.79 Å². The fraction of sp³-hybridized carbons (Fsp3) is 0.278. The smallest absolute Gasteiger partial charge is 0.343 e. The van der Waals surface area contributed by atoms with Gasteiger partial charge in [0.05, 0.1) is 12.2 Å². The van der Waals surface area contributed by atoms with Gasteiger partial charge in [0.25, 0.3) is 0 Å². The third-order valence-corrected chi connectivity index (χ3v) is 3.15. The highest BCUT2D eigenvalue weighted by atomic mass is 16.5. The third-order valence-electron chi connectivity index (χ3n) is 3.15. The predicted octanol–water partition coefficient (Wildman–Crippen LogP) is 4.18. The average molecular weight is 300 g/mol. The molecule has 0 unspecified atom stereocenters. The summed E-state index contributed by atoms with van der Waals surface area (Å²) >= 11 is 0. The molecule has 4 nitrogen and oxygen atoms in total. The van der Waals surface area contributed by atoms with E-state index in [4.69, 9.17) is 9.47 Å². The zero-order valence-electron chi connectivity index (χ0n) is 12.6. The number of hydrogen-bond donors (Lipinski definition) is 1. The second-order valence-corrected chi connectivity index (χ2v) is 4.96. The van der Waals surface area contributed by atoms with E-state index in [2.05, 4.69) is 6.92 Å². The van der Waals surface area contributed by atoms with Gasteiger partial charge >= 0.3 is 5.97 Å². The molecule has 2 aromatic carbocycles. The molecule has 0 radical (unpaired) electrons. The van der Waals surface area contributed by atoms with Gasteiger partial charge in [0.15, 0.2) is 0 Å². The molecule has 116 valence electrons. The van der Waals surface area contributed by atoms with Crippen LogP contribution in [-0.4, -0.2) is 17.7 Å². The van der Waals surface area contributed by atoms with Crippen molar-refractivity contribution in [3.63, 3.8) is 0 Å². The number of carbonyl (C=O) groups is 1. The highest BCUT2D eigenvalue weighted by Crippen LogP contribution is 2.18. The molecule has 0 fully saturated rings. The van der Waals surface area contributed by atoms with Gasteiger partial charge in [0, 0.05) is 0 Å². The number of ether oxygens (including phenoxy) is 2. The van der Waals surface area contributed by atoms with Crippen molar-refractivity contribution >= 4 is 5.97 Å². The van der Waals surface area contributed by atoms with Crippen molar-refractivity contribution in [3.05, 3.63) is 54.1 Å². The minimum atomic E-state index is -0.441.